The van der Waals surface area contributed by atoms with Crippen molar-refractivity contribution in [3.05, 3.63) is 102 Å². The van der Waals surface area contributed by atoms with E-state index in [-0.39, 0.29) is 17.8 Å². The number of nitrogens with zero attached hydrogens (tertiary/aromatic N) is 3. The normalized spacial score (nSPS) is 11.7. The SMILES string of the molecule is CC(NC(=O)c1cnc(-c2ccccc2)nc1-c1ccncc1)c1ccc(F)cc1. The Labute approximate surface area is 173 Å². The first-order valence-corrected chi connectivity index (χ1v) is 9.51. The number of nitrogens with one attached hydrogen (secondary N) is 1. The van der Waals surface area contributed by atoms with E-state index in [0.717, 1.165) is 16.7 Å². The lowest BCUT2D eigenvalue weighted by Gasteiger charge is -2.16. The standard InChI is InChI=1S/C24H19FN4O/c1-16(17-7-9-20(25)10-8-17)28-24(30)21-15-27-23(19-5-3-2-4-6-19)29-22(21)18-11-13-26-14-12-18/h2-16H,1H3,(H,28,30). The molecule has 30 heavy (non-hydrogen) atoms. The van der Waals surface area contributed by atoms with E-state index in [2.05, 4.69) is 20.3 Å². The van der Waals surface area contributed by atoms with Gasteiger partial charge < -0.3 is 5.32 Å². The topological polar surface area (TPSA) is 67.8 Å². The van der Waals surface area contributed by atoms with Gasteiger partial charge in [0.25, 0.3) is 5.91 Å². The number of rotatable bonds is 5. The second-order valence-electron chi connectivity index (χ2n) is 6.80. The summed E-state index contributed by atoms with van der Waals surface area (Å²) in [6, 6.07) is 18.9. The van der Waals surface area contributed by atoms with Crippen LogP contribution in [0.25, 0.3) is 22.6 Å². The van der Waals surface area contributed by atoms with Gasteiger partial charge in [0.15, 0.2) is 5.82 Å². The van der Waals surface area contributed by atoms with E-state index in [1.807, 2.05) is 37.3 Å². The summed E-state index contributed by atoms with van der Waals surface area (Å²) in [6.07, 6.45) is 4.85. The van der Waals surface area contributed by atoms with Gasteiger partial charge in [-0.25, -0.2) is 14.4 Å². The van der Waals surface area contributed by atoms with E-state index in [1.54, 1.807) is 36.7 Å². The lowest BCUT2D eigenvalue weighted by Crippen LogP contribution is -2.27. The van der Waals surface area contributed by atoms with Crippen molar-refractivity contribution in [1.29, 1.82) is 0 Å². The van der Waals surface area contributed by atoms with Crippen LogP contribution in [0.5, 0.6) is 0 Å². The van der Waals surface area contributed by atoms with Gasteiger partial charge in [0.2, 0.25) is 0 Å². The van der Waals surface area contributed by atoms with Gasteiger partial charge in [0.05, 0.1) is 17.3 Å². The number of benzene rings is 2. The third-order valence-corrected chi connectivity index (χ3v) is 4.74. The molecule has 2 heterocycles. The van der Waals surface area contributed by atoms with Gasteiger partial charge in [-0.1, -0.05) is 42.5 Å². The van der Waals surface area contributed by atoms with Gasteiger partial charge in [-0.2, -0.15) is 0 Å². The van der Waals surface area contributed by atoms with Crippen LogP contribution in [-0.4, -0.2) is 20.9 Å². The molecule has 0 spiro atoms. The molecule has 2 aromatic carbocycles. The summed E-state index contributed by atoms with van der Waals surface area (Å²) < 4.78 is 13.2. The minimum Gasteiger partial charge on any atom is -0.345 e. The van der Waals surface area contributed by atoms with Crippen molar-refractivity contribution in [1.82, 2.24) is 20.3 Å². The average Bonchev–Trinajstić information content (AvgIpc) is 2.80. The summed E-state index contributed by atoms with van der Waals surface area (Å²) in [5.74, 6) is -0.0917. The summed E-state index contributed by atoms with van der Waals surface area (Å²) in [6.45, 7) is 1.84. The van der Waals surface area contributed by atoms with Crippen LogP contribution in [0.1, 0.15) is 28.9 Å². The molecule has 0 saturated heterocycles. The van der Waals surface area contributed by atoms with Crippen molar-refractivity contribution < 1.29 is 9.18 Å². The number of hydrogen-bond donors (Lipinski definition) is 1. The van der Waals surface area contributed by atoms with Crippen molar-refractivity contribution >= 4 is 5.91 Å². The average molecular weight is 398 g/mol. The molecule has 0 aliphatic rings. The van der Waals surface area contributed by atoms with Gasteiger partial charge >= 0.3 is 0 Å². The molecular weight excluding hydrogens is 379 g/mol. The number of pyridine rings is 1. The van der Waals surface area contributed by atoms with E-state index in [0.29, 0.717) is 17.1 Å². The Morgan fingerprint density at radius 2 is 1.63 bits per heavy atom. The van der Waals surface area contributed by atoms with Crippen molar-refractivity contribution in [2.45, 2.75) is 13.0 Å². The van der Waals surface area contributed by atoms with E-state index in [1.165, 1.54) is 18.3 Å². The summed E-state index contributed by atoms with van der Waals surface area (Å²) in [5.41, 5.74) is 3.31. The molecule has 0 fully saturated rings. The number of carbonyl (C=O) groups excluding carboxylic acids is 1. The molecule has 1 atom stereocenters. The second-order valence-corrected chi connectivity index (χ2v) is 6.80. The minimum atomic E-state index is -0.317. The fourth-order valence-electron chi connectivity index (χ4n) is 3.11. The summed E-state index contributed by atoms with van der Waals surface area (Å²) in [7, 11) is 0. The maximum absolute atomic E-state index is 13.2. The highest BCUT2D eigenvalue weighted by Crippen LogP contribution is 2.25. The summed E-state index contributed by atoms with van der Waals surface area (Å²) >= 11 is 0. The quantitative estimate of drug-likeness (QED) is 0.523. The van der Waals surface area contributed by atoms with Crippen LogP contribution in [0.4, 0.5) is 4.39 Å². The highest BCUT2D eigenvalue weighted by molar-refractivity contribution is 6.00. The monoisotopic (exact) mass is 398 g/mol. The Kier molecular flexibility index (Phi) is 5.57. The fraction of sp³-hybridized carbons (Fsp3) is 0.0833. The zero-order valence-electron chi connectivity index (χ0n) is 16.3. The van der Waals surface area contributed by atoms with Crippen LogP contribution >= 0.6 is 0 Å². The Balaban J connectivity index is 1.69. The molecule has 2 aromatic heterocycles. The van der Waals surface area contributed by atoms with Crippen molar-refractivity contribution in [3.63, 3.8) is 0 Å². The molecule has 0 aliphatic heterocycles. The largest absolute Gasteiger partial charge is 0.345 e. The Morgan fingerprint density at radius 3 is 2.33 bits per heavy atom. The zero-order valence-corrected chi connectivity index (χ0v) is 16.3. The van der Waals surface area contributed by atoms with Gasteiger partial charge in [-0.15, -0.1) is 0 Å². The van der Waals surface area contributed by atoms with Crippen LogP contribution in [-0.2, 0) is 0 Å². The smallest absolute Gasteiger partial charge is 0.255 e. The Morgan fingerprint density at radius 1 is 0.933 bits per heavy atom. The van der Waals surface area contributed by atoms with Crippen LogP contribution in [0.3, 0.4) is 0 Å². The highest BCUT2D eigenvalue weighted by atomic mass is 19.1. The van der Waals surface area contributed by atoms with Gasteiger partial charge in [-0.05, 0) is 36.8 Å². The molecule has 4 aromatic rings. The van der Waals surface area contributed by atoms with Crippen LogP contribution in [0.15, 0.2) is 85.3 Å². The highest BCUT2D eigenvalue weighted by Gasteiger charge is 2.19. The first kappa shape index (κ1) is 19.4. The third-order valence-electron chi connectivity index (χ3n) is 4.74. The van der Waals surface area contributed by atoms with Crippen molar-refractivity contribution in [3.8, 4) is 22.6 Å². The minimum absolute atomic E-state index is 0.307. The maximum atomic E-state index is 13.2. The van der Waals surface area contributed by atoms with E-state index < -0.39 is 0 Å². The molecule has 6 heteroatoms. The Hall–Kier alpha value is -3.93. The van der Waals surface area contributed by atoms with Gasteiger partial charge in [0, 0.05) is 29.7 Å². The number of carbonyl (C=O) groups is 1. The van der Waals surface area contributed by atoms with Gasteiger partial charge in [0.1, 0.15) is 5.82 Å². The van der Waals surface area contributed by atoms with Crippen LogP contribution in [0.2, 0.25) is 0 Å². The molecule has 4 rings (SSSR count). The first-order chi connectivity index (χ1) is 14.6. The molecule has 1 unspecified atom stereocenters. The summed E-state index contributed by atoms with van der Waals surface area (Å²) in [4.78, 5) is 26.2. The molecule has 148 valence electrons. The van der Waals surface area contributed by atoms with E-state index >= 15 is 0 Å². The third kappa shape index (κ3) is 4.22. The van der Waals surface area contributed by atoms with E-state index in [9.17, 15) is 9.18 Å². The lowest BCUT2D eigenvalue weighted by molar-refractivity contribution is 0.0940. The number of hydrogen-bond acceptors (Lipinski definition) is 4. The molecule has 0 bridgehead atoms. The molecule has 5 nitrogen and oxygen atoms in total. The van der Waals surface area contributed by atoms with Crippen molar-refractivity contribution in [2.24, 2.45) is 0 Å². The van der Waals surface area contributed by atoms with E-state index in [4.69, 9.17) is 0 Å². The molecule has 0 radical (unpaired) electrons. The predicted octanol–water partition coefficient (Wildman–Crippen LogP) is 4.84. The maximum Gasteiger partial charge on any atom is 0.255 e. The zero-order chi connectivity index (χ0) is 20.9. The van der Waals surface area contributed by atoms with Gasteiger partial charge in [-0.3, -0.25) is 9.78 Å². The van der Waals surface area contributed by atoms with Crippen molar-refractivity contribution in [2.75, 3.05) is 0 Å². The predicted molar refractivity (Wildman–Crippen MR) is 113 cm³/mol. The molecule has 1 N–H and O–H groups in total. The van der Waals surface area contributed by atoms with Crippen LogP contribution < -0.4 is 5.32 Å². The first-order valence-electron chi connectivity index (χ1n) is 9.51. The molecule has 0 aliphatic carbocycles. The molecule has 0 saturated carbocycles. The summed E-state index contributed by atoms with van der Waals surface area (Å²) in [5, 5.41) is 2.94. The van der Waals surface area contributed by atoms with Crippen LogP contribution in [0, 0.1) is 5.82 Å². The number of halogens is 1. The fourth-order valence-corrected chi connectivity index (χ4v) is 3.11. The number of aromatic nitrogens is 3. The Bertz CT molecular complexity index is 1150. The molecular formula is C24H19FN4O. The second kappa shape index (κ2) is 8.61. The lowest BCUT2D eigenvalue weighted by atomic mass is 10.1. The molecule has 1 amide bonds. The number of amides is 1.